The molecule has 0 heterocycles. The van der Waals surface area contributed by atoms with Gasteiger partial charge in [0.15, 0.2) is 0 Å². The highest BCUT2D eigenvalue weighted by Crippen LogP contribution is 2.87. The van der Waals surface area contributed by atoms with Gasteiger partial charge in [0.2, 0.25) is 7.90 Å². The molecule has 0 saturated heterocycles. The summed E-state index contributed by atoms with van der Waals surface area (Å²) >= 11 is 0. The first kappa shape index (κ1) is 26.3. The average Bonchev–Trinajstić information content (AvgIpc) is 2.92. The van der Waals surface area contributed by atoms with Crippen molar-refractivity contribution in [2.75, 3.05) is 11.5 Å². The summed E-state index contributed by atoms with van der Waals surface area (Å²) in [7, 11) is -5.36. The maximum atomic E-state index is 15.4. The van der Waals surface area contributed by atoms with Crippen LogP contribution in [0.3, 0.4) is 0 Å². The minimum atomic E-state index is -3.70. The predicted octanol–water partition coefficient (Wildman–Crippen LogP) is 9.41. The summed E-state index contributed by atoms with van der Waals surface area (Å²) in [6, 6.07) is 39.7. The fourth-order valence-electron chi connectivity index (χ4n) is 3.85. The van der Waals surface area contributed by atoms with Crippen LogP contribution < -0.4 is 0 Å². The molecule has 184 valence electrons. The van der Waals surface area contributed by atoms with Gasteiger partial charge in [-0.25, -0.2) is 8.42 Å². The Kier molecular flexibility index (Phi) is 8.66. The Bertz CT molecular complexity index is 1220. The van der Waals surface area contributed by atoms with Crippen molar-refractivity contribution in [2.24, 2.45) is 0 Å². The van der Waals surface area contributed by atoms with Gasteiger partial charge >= 0.3 is 0 Å². The normalized spacial score (nSPS) is 17.0. The summed E-state index contributed by atoms with van der Waals surface area (Å²) in [4.78, 5) is 3.79. The Morgan fingerprint density at radius 1 is 0.486 bits per heavy atom. The third-order valence-electron chi connectivity index (χ3n) is 5.57. The lowest BCUT2D eigenvalue weighted by Crippen LogP contribution is -2.20. The van der Waals surface area contributed by atoms with Gasteiger partial charge in [0, 0.05) is 31.1 Å². The van der Waals surface area contributed by atoms with E-state index in [4.69, 9.17) is 0 Å². The Hall–Kier alpha value is -1.77. The van der Waals surface area contributed by atoms with Crippen molar-refractivity contribution >= 4 is 45.7 Å². The number of benzene rings is 4. The lowest BCUT2D eigenvalue weighted by atomic mass is 10.4. The summed E-state index contributed by atoms with van der Waals surface area (Å²) in [5, 5.41) is 0. The van der Waals surface area contributed by atoms with Gasteiger partial charge in [-0.2, -0.15) is 0 Å². The molecule has 2 nitrogen and oxygen atoms in total. The third kappa shape index (κ3) is 5.07. The summed E-state index contributed by atoms with van der Waals surface area (Å²) in [5.74, 6) is 1.08. The van der Waals surface area contributed by atoms with Crippen molar-refractivity contribution in [3.05, 3.63) is 121 Å². The van der Waals surface area contributed by atoms with Gasteiger partial charge < -0.3 is 0 Å². The molecule has 0 fully saturated rings. The average molecular weight is 559 g/mol. The van der Waals surface area contributed by atoms with Gasteiger partial charge in [-0.3, -0.25) is 0 Å². The molecule has 4 aromatic rings. The van der Waals surface area contributed by atoms with Crippen LogP contribution in [0.15, 0.2) is 141 Å². The first-order valence-electron chi connectivity index (χ1n) is 11.5. The zero-order chi connectivity index (χ0) is 24.8. The van der Waals surface area contributed by atoms with Crippen LogP contribution in [-0.4, -0.2) is 19.9 Å². The van der Waals surface area contributed by atoms with Crippen molar-refractivity contribution in [2.45, 2.75) is 33.4 Å². The molecule has 4 aromatic carbocycles. The molecule has 7 heteroatoms. The molecular formula is C28H30O2S5. The van der Waals surface area contributed by atoms with E-state index in [0.717, 1.165) is 19.6 Å². The SMILES string of the molecule is CCS(Sc1ccccc1)(c1ccccc1)S(=O)(=O)S(CC)(Sc1ccccc1)c1ccccc1. The lowest BCUT2D eigenvalue weighted by Gasteiger charge is -2.48. The van der Waals surface area contributed by atoms with Crippen molar-refractivity contribution < 1.29 is 8.42 Å². The molecule has 2 atom stereocenters. The second-order valence-corrected chi connectivity index (χ2v) is 26.6. The zero-order valence-electron chi connectivity index (χ0n) is 19.8. The van der Waals surface area contributed by atoms with Crippen molar-refractivity contribution in [1.82, 2.24) is 0 Å². The largest absolute Gasteiger partial charge is 0.244 e. The van der Waals surface area contributed by atoms with Crippen molar-refractivity contribution in [1.29, 1.82) is 0 Å². The second-order valence-electron chi connectivity index (χ2n) is 7.63. The molecule has 0 aliphatic rings. The van der Waals surface area contributed by atoms with Crippen LogP contribution in [0.2, 0.25) is 0 Å². The Balaban J connectivity index is 2.01. The van der Waals surface area contributed by atoms with Crippen LogP contribution in [-0.2, 0) is 7.90 Å². The first-order valence-corrected chi connectivity index (χ1v) is 20.2. The second kappa shape index (κ2) is 11.5. The molecule has 0 aromatic heterocycles. The molecule has 0 radical (unpaired) electrons. The highest BCUT2D eigenvalue weighted by Gasteiger charge is 2.52. The smallest absolute Gasteiger partial charge is 0.207 e. The number of rotatable bonds is 10. The predicted molar refractivity (Wildman–Crippen MR) is 159 cm³/mol. The Morgan fingerprint density at radius 2 is 0.771 bits per heavy atom. The Labute approximate surface area is 219 Å². The van der Waals surface area contributed by atoms with Crippen LogP contribution >= 0.6 is 37.8 Å². The maximum absolute atomic E-state index is 15.4. The fourth-order valence-corrected chi connectivity index (χ4v) is 35.5. The minimum Gasteiger partial charge on any atom is -0.207 e. The maximum Gasteiger partial charge on any atom is 0.244 e. The highest BCUT2D eigenvalue weighted by molar-refractivity contribution is 9.48. The molecule has 0 aliphatic heterocycles. The van der Waals surface area contributed by atoms with E-state index in [2.05, 4.69) is 0 Å². The molecule has 0 spiro atoms. The van der Waals surface area contributed by atoms with E-state index in [1.54, 1.807) is 21.6 Å². The quantitative estimate of drug-likeness (QED) is 0.182. The topological polar surface area (TPSA) is 34.1 Å². The summed E-state index contributed by atoms with van der Waals surface area (Å²) < 4.78 is 30.8. The van der Waals surface area contributed by atoms with Crippen LogP contribution in [0.4, 0.5) is 0 Å². The van der Waals surface area contributed by atoms with E-state index in [1.165, 1.54) is 0 Å². The first-order chi connectivity index (χ1) is 17.0. The van der Waals surface area contributed by atoms with Gasteiger partial charge in [-0.15, -0.1) is 0 Å². The summed E-state index contributed by atoms with van der Waals surface area (Å²) in [5.41, 5.74) is 0. The van der Waals surface area contributed by atoms with Gasteiger partial charge in [-0.05, 0) is 64.7 Å². The number of hydrogen-bond donors (Lipinski definition) is 0. The minimum absolute atomic E-state index is 0.538. The van der Waals surface area contributed by atoms with Crippen LogP contribution in [0.25, 0.3) is 0 Å². The summed E-state index contributed by atoms with van der Waals surface area (Å²) in [6.45, 7) is 4.07. The number of hydrogen-bond acceptors (Lipinski definition) is 4. The molecule has 4 rings (SSSR count). The molecular weight excluding hydrogens is 529 g/mol. The lowest BCUT2D eigenvalue weighted by molar-refractivity contribution is 0.622. The molecule has 0 bridgehead atoms. The monoisotopic (exact) mass is 558 g/mol. The van der Waals surface area contributed by atoms with E-state index in [0.29, 0.717) is 11.5 Å². The van der Waals surface area contributed by atoms with E-state index >= 15 is 8.42 Å². The zero-order valence-corrected chi connectivity index (χ0v) is 23.9. The van der Waals surface area contributed by atoms with E-state index in [9.17, 15) is 0 Å². The van der Waals surface area contributed by atoms with Crippen LogP contribution in [0, 0.1) is 0 Å². The molecule has 0 saturated carbocycles. The van der Waals surface area contributed by atoms with E-state index in [1.807, 2.05) is 135 Å². The van der Waals surface area contributed by atoms with Crippen LogP contribution in [0.5, 0.6) is 0 Å². The van der Waals surface area contributed by atoms with Crippen molar-refractivity contribution in [3.8, 4) is 0 Å². The van der Waals surface area contributed by atoms with Gasteiger partial charge in [0.05, 0.1) is 0 Å². The molecule has 35 heavy (non-hydrogen) atoms. The van der Waals surface area contributed by atoms with E-state index < -0.39 is 24.1 Å². The van der Waals surface area contributed by atoms with E-state index in [-0.39, 0.29) is 0 Å². The highest BCUT2D eigenvalue weighted by atomic mass is 33.9. The Morgan fingerprint density at radius 3 is 1.06 bits per heavy atom. The van der Waals surface area contributed by atoms with Gasteiger partial charge in [0.1, 0.15) is 0 Å². The van der Waals surface area contributed by atoms with Gasteiger partial charge in [-0.1, -0.05) is 108 Å². The standard InChI is InChI=1S/C28H30O2S5/c1-3-33(27-21-13-7-14-22-27,31-25-17-9-5-10-18-25)35(29,30)34(4-2,28-23-15-8-16-24-28)32-26-19-11-6-12-20-26/h5-24H,3-4H2,1-2H3. The fraction of sp³-hybridized carbons (Fsp3) is 0.143. The van der Waals surface area contributed by atoms with Crippen LogP contribution in [0.1, 0.15) is 13.8 Å². The van der Waals surface area contributed by atoms with Crippen molar-refractivity contribution in [3.63, 3.8) is 0 Å². The summed E-state index contributed by atoms with van der Waals surface area (Å²) in [6.07, 6.45) is 0. The molecule has 0 N–H and O–H groups in total. The molecule has 0 amide bonds. The van der Waals surface area contributed by atoms with Gasteiger partial charge in [0.25, 0.3) is 0 Å². The third-order valence-corrected chi connectivity index (χ3v) is 33.9. The molecule has 0 aliphatic carbocycles. The molecule has 2 unspecified atom stereocenters.